The van der Waals surface area contributed by atoms with Gasteiger partial charge in [0.25, 0.3) is 0 Å². The number of hydrogen-bond acceptors (Lipinski definition) is 3. The topological polar surface area (TPSA) is 63.3 Å². The molecule has 0 bridgehead atoms. The van der Waals surface area contributed by atoms with E-state index in [1.165, 1.54) is 11.8 Å². The van der Waals surface area contributed by atoms with Crippen LogP contribution in [0.5, 0.6) is 0 Å². The van der Waals surface area contributed by atoms with Gasteiger partial charge in [-0.1, -0.05) is 5.92 Å². The van der Waals surface area contributed by atoms with Crippen molar-refractivity contribution in [3.8, 4) is 11.8 Å². The first-order chi connectivity index (χ1) is 5.18. The average molecular weight is 173 g/mol. The SMILES string of the molecule is CC#CCSC[C@H](N)C(=O)O. The Labute approximate surface area is 70.3 Å². The van der Waals surface area contributed by atoms with E-state index in [4.69, 9.17) is 10.8 Å². The van der Waals surface area contributed by atoms with Crippen molar-refractivity contribution in [2.45, 2.75) is 13.0 Å². The van der Waals surface area contributed by atoms with Gasteiger partial charge in [-0.25, -0.2) is 0 Å². The monoisotopic (exact) mass is 173 g/mol. The quantitative estimate of drug-likeness (QED) is 0.469. The summed E-state index contributed by atoms with van der Waals surface area (Å²) in [6.07, 6.45) is 0. The second-order valence-electron chi connectivity index (χ2n) is 1.89. The predicted molar refractivity (Wildman–Crippen MR) is 46.4 cm³/mol. The lowest BCUT2D eigenvalue weighted by Gasteiger charge is -2.02. The van der Waals surface area contributed by atoms with Crippen molar-refractivity contribution in [3.63, 3.8) is 0 Å². The third kappa shape index (κ3) is 5.77. The molecule has 3 N–H and O–H groups in total. The zero-order valence-electron chi connectivity index (χ0n) is 6.33. The van der Waals surface area contributed by atoms with Gasteiger partial charge in [0.05, 0.1) is 5.75 Å². The molecule has 0 amide bonds. The van der Waals surface area contributed by atoms with Gasteiger partial charge in [0.1, 0.15) is 6.04 Å². The van der Waals surface area contributed by atoms with Gasteiger partial charge >= 0.3 is 5.97 Å². The Morgan fingerprint density at radius 2 is 2.45 bits per heavy atom. The Hall–Kier alpha value is -0.660. The number of thioether (sulfide) groups is 1. The van der Waals surface area contributed by atoms with Crippen LogP contribution in [0.4, 0.5) is 0 Å². The summed E-state index contributed by atoms with van der Waals surface area (Å²) in [5, 5.41) is 8.36. The molecule has 0 aromatic carbocycles. The highest BCUT2D eigenvalue weighted by molar-refractivity contribution is 7.99. The number of carbonyl (C=O) groups is 1. The van der Waals surface area contributed by atoms with Gasteiger partial charge in [-0.3, -0.25) is 4.79 Å². The van der Waals surface area contributed by atoms with E-state index in [0.717, 1.165) is 0 Å². The predicted octanol–water partition coefficient (Wildman–Crippen LogP) is 0.155. The van der Waals surface area contributed by atoms with E-state index >= 15 is 0 Å². The second kappa shape index (κ2) is 6.08. The van der Waals surface area contributed by atoms with Crippen molar-refractivity contribution in [1.29, 1.82) is 0 Å². The van der Waals surface area contributed by atoms with E-state index in [0.29, 0.717) is 11.5 Å². The van der Waals surface area contributed by atoms with Crippen molar-refractivity contribution < 1.29 is 9.90 Å². The number of aliphatic carboxylic acids is 1. The van der Waals surface area contributed by atoms with Crippen LogP contribution in [0.15, 0.2) is 0 Å². The van der Waals surface area contributed by atoms with Gasteiger partial charge in [-0.2, -0.15) is 0 Å². The van der Waals surface area contributed by atoms with Crippen LogP contribution in [0.1, 0.15) is 6.92 Å². The molecule has 0 saturated carbocycles. The first kappa shape index (κ1) is 10.3. The van der Waals surface area contributed by atoms with E-state index in [2.05, 4.69) is 11.8 Å². The molecule has 62 valence electrons. The summed E-state index contributed by atoms with van der Waals surface area (Å²) in [6, 6.07) is -0.765. The van der Waals surface area contributed by atoms with E-state index in [1.54, 1.807) is 6.92 Å². The summed E-state index contributed by atoms with van der Waals surface area (Å²) < 4.78 is 0. The summed E-state index contributed by atoms with van der Waals surface area (Å²) in [5.41, 5.74) is 5.23. The lowest BCUT2D eigenvalue weighted by atomic mass is 10.4. The first-order valence-electron chi connectivity index (χ1n) is 3.14. The van der Waals surface area contributed by atoms with Crippen LogP contribution in [0, 0.1) is 11.8 Å². The highest BCUT2D eigenvalue weighted by Gasteiger charge is 2.09. The summed E-state index contributed by atoms with van der Waals surface area (Å²) in [4.78, 5) is 10.2. The zero-order chi connectivity index (χ0) is 8.69. The fourth-order valence-corrected chi connectivity index (χ4v) is 1.14. The Morgan fingerprint density at radius 1 is 1.82 bits per heavy atom. The van der Waals surface area contributed by atoms with E-state index < -0.39 is 12.0 Å². The molecule has 0 unspecified atom stereocenters. The van der Waals surface area contributed by atoms with Crippen LogP contribution in [0.25, 0.3) is 0 Å². The number of carboxylic acids is 1. The van der Waals surface area contributed by atoms with Crippen LogP contribution in [0.2, 0.25) is 0 Å². The molecule has 0 rings (SSSR count). The van der Waals surface area contributed by atoms with Gasteiger partial charge in [0.15, 0.2) is 0 Å². The van der Waals surface area contributed by atoms with Crippen molar-refractivity contribution in [2.24, 2.45) is 5.73 Å². The van der Waals surface area contributed by atoms with Gasteiger partial charge in [0.2, 0.25) is 0 Å². The largest absolute Gasteiger partial charge is 0.480 e. The Bertz CT molecular complexity index is 183. The molecule has 0 aliphatic carbocycles. The van der Waals surface area contributed by atoms with Gasteiger partial charge in [0, 0.05) is 5.75 Å². The molecular weight excluding hydrogens is 162 g/mol. The fourth-order valence-electron chi connectivity index (χ4n) is 0.380. The standard InChI is InChI=1S/C7H11NO2S/c1-2-3-4-11-5-6(8)7(9)10/h6H,4-5,8H2,1H3,(H,9,10)/t6-/m0/s1. The minimum absolute atomic E-state index is 0.421. The molecule has 0 radical (unpaired) electrons. The molecule has 3 nitrogen and oxygen atoms in total. The maximum Gasteiger partial charge on any atom is 0.321 e. The average Bonchev–Trinajstić information content (AvgIpc) is 1.97. The molecule has 0 spiro atoms. The van der Waals surface area contributed by atoms with Crippen LogP contribution >= 0.6 is 11.8 Å². The summed E-state index contributed by atoms with van der Waals surface area (Å²) in [6.45, 7) is 1.75. The van der Waals surface area contributed by atoms with Crippen molar-refractivity contribution in [3.05, 3.63) is 0 Å². The van der Waals surface area contributed by atoms with Crippen molar-refractivity contribution in [2.75, 3.05) is 11.5 Å². The smallest absolute Gasteiger partial charge is 0.321 e. The lowest BCUT2D eigenvalue weighted by molar-refractivity contribution is -0.137. The van der Waals surface area contributed by atoms with Gasteiger partial charge < -0.3 is 10.8 Å². The summed E-state index contributed by atoms with van der Waals surface area (Å²) in [7, 11) is 0. The van der Waals surface area contributed by atoms with E-state index in [-0.39, 0.29) is 0 Å². The molecule has 0 aliphatic rings. The third-order valence-electron chi connectivity index (χ3n) is 0.966. The van der Waals surface area contributed by atoms with E-state index in [9.17, 15) is 4.79 Å². The highest BCUT2D eigenvalue weighted by atomic mass is 32.2. The molecule has 4 heteroatoms. The van der Waals surface area contributed by atoms with Crippen LogP contribution in [0.3, 0.4) is 0 Å². The number of carboxylic acid groups (broad SMARTS) is 1. The molecule has 0 aromatic heterocycles. The maximum atomic E-state index is 10.2. The summed E-state index contributed by atoms with van der Waals surface area (Å²) in [5.74, 6) is 5.63. The molecule has 0 aliphatic heterocycles. The van der Waals surface area contributed by atoms with Gasteiger partial charge in [-0.05, 0) is 6.92 Å². The Morgan fingerprint density at radius 3 is 2.91 bits per heavy atom. The summed E-state index contributed by atoms with van der Waals surface area (Å²) >= 11 is 1.43. The van der Waals surface area contributed by atoms with Crippen LogP contribution < -0.4 is 5.73 Å². The molecule has 0 saturated heterocycles. The van der Waals surface area contributed by atoms with Crippen molar-refractivity contribution >= 4 is 17.7 Å². The minimum atomic E-state index is -0.957. The van der Waals surface area contributed by atoms with Gasteiger partial charge in [-0.15, -0.1) is 17.7 Å². The normalized spacial score (nSPS) is 11.5. The molecule has 11 heavy (non-hydrogen) atoms. The molecule has 1 atom stereocenters. The molecule has 0 fully saturated rings. The third-order valence-corrected chi connectivity index (χ3v) is 1.91. The zero-order valence-corrected chi connectivity index (χ0v) is 7.15. The highest BCUT2D eigenvalue weighted by Crippen LogP contribution is 1.99. The van der Waals surface area contributed by atoms with E-state index in [1.807, 2.05) is 0 Å². The molecular formula is C7H11NO2S. The van der Waals surface area contributed by atoms with Crippen LogP contribution in [-0.4, -0.2) is 28.6 Å². The number of rotatable bonds is 4. The number of nitrogens with two attached hydrogens (primary N) is 1. The first-order valence-corrected chi connectivity index (χ1v) is 4.29. The second-order valence-corrected chi connectivity index (χ2v) is 2.92. The Balaban J connectivity index is 3.36. The van der Waals surface area contributed by atoms with Crippen molar-refractivity contribution in [1.82, 2.24) is 0 Å². The number of hydrogen-bond donors (Lipinski definition) is 2. The Kier molecular flexibility index (Phi) is 5.71. The maximum absolute atomic E-state index is 10.2. The molecule has 0 heterocycles. The van der Waals surface area contributed by atoms with Crippen LogP contribution in [-0.2, 0) is 4.79 Å². The minimum Gasteiger partial charge on any atom is -0.480 e. The molecule has 0 aromatic rings. The fraction of sp³-hybridized carbons (Fsp3) is 0.571. The lowest BCUT2D eigenvalue weighted by Crippen LogP contribution is -2.32.